The number of benzene rings is 2. The summed E-state index contributed by atoms with van der Waals surface area (Å²) in [5.41, 5.74) is 2.60. The second-order valence-corrected chi connectivity index (χ2v) is 7.51. The number of amides is 3. The van der Waals surface area contributed by atoms with Crippen molar-refractivity contribution >= 4 is 17.6 Å². The highest BCUT2D eigenvalue weighted by Crippen LogP contribution is 2.31. The third-order valence-corrected chi connectivity index (χ3v) is 5.30. The van der Waals surface area contributed by atoms with E-state index in [-0.39, 0.29) is 11.9 Å². The van der Waals surface area contributed by atoms with Crippen molar-refractivity contribution in [3.05, 3.63) is 65.7 Å². The highest BCUT2D eigenvalue weighted by Gasteiger charge is 2.37. The molecule has 0 aliphatic carbocycles. The van der Waals surface area contributed by atoms with Gasteiger partial charge < -0.3 is 15.5 Å². The third-order valence-electron chi connectivity index (χ3n) is 5.30. The molecule has 0 unspecified atom stereocenters. The molecular formula is C22H27N3O2. The maximum atomic E-state index is 12.7. The Morgan fingerprint density at radius 3 is 2.26 bits per heavy atom. The summed E-state index contributed by atoms with van der Waals surface area (Å²) in [6, 6.07) is 17.5. The quantitative estimate of drug-likeness (QED) is 0.862. The number of urea groups is 1. The molecule has 0 saturated carbocycles. The number of hydrogen-bond donors (Lipinski definition) is 2. The molecule has 0 bridgehead atoms. The first-order valence-electron chi connectivity index (χ1n) is 9.41. The van der Waals surface area contributed by atoms with Crippen LogP contribution in [0.1, 0.15) is 30.9 Å². The molecule has 2 aromatic rings. The maximum Gasteiger partial charge on any atom is 0.321 e. The number of nitrogens with zero attached hydrogens (tertiary/aromatic N) is 1. The molecule has 1 aliphatic heterocycles. The Morgan fingerprint density at radius 2 is 1.63 bits per heavy atom. The SMILES string of the molecule is Cc1ccc(NC(=O)N2CCC(C)(C(=O)NCc3ccccc3)CC2)cc1. The number of aryl methyl sites for hydroxylation is 1. The molecule has 142 valence electrons. The Bertz CT molecular complexity index is 779. The monoisotopic (exact) mass is 365 g/mol. The summed E-state index contributed by atoms with van der Waals surface area (Å²) in [4.78, 5) is 26.9. The Kier molecular flexibility index (Phi) is 5.79. The fraction of sp³-hybridized carbons (Fsp3) is 0.364. The fourth-order valence-electron chi connectivity index (χ4n) is 3.26. The van der Waals surface area contributed by atoms with Gasteiger partial charge in [-0.3, -0.25) is 4.79 Å². The lowest BCUT2D eigenvalue weighted by Crippen LogP contribution is -2.49. The van der Waals surface area contributed by atoms with Crippen LogP contribution in [-0.4, -0.2) is 29.9 Å². The first-order chi connectivity index (χ1) is 13.0. The smallest absolute Gasteiger partial charge is 0.321 e. The van der Waals surface area contributed by atoms with Crippen molar-refractivity contribution in [2.75, 3.05) is 18.4 Å². The van der Waals surface area contributed by atoms with Crippen molar-refractivity contribution in [1.82, 2.24) is 10.2 Å². The van der Waals surface area contributed by atoms with Crippen LogP contribution in [0.25, 0.3) is 0 Å². The third kappa shape index (κ3) is 4.88. The zero-order valence-corrected chi connectivity index (χ0v) is 16.0. The van der Waals surface area contributed by atoms with Gasteiger partial charge in [-0.05, 0) is 37.5 Å². The zero-order chi connectivity index (χ0) is 19.3. The van der Waals surface area contributed by atoms with Gasteiger partial charge >= 0.3 is 6.03 Å². The summed E-state index contributed by atoms with van der Waals surface area (Å²) < 4.78 is 0. The lowest BCUT2D eigenvalue weighted by Gasteiger charge is -2.38. The number of carbonyl (C=O) groups is 2. The number of nitrogens with one attached hydrogen (secondary N) is 2. The predicted molar refractivity (Wildman–Crippen MR) is 107 cm³/mol. The van der Waals surface area contributed by atoms with Gasteiger partial charge in [0.15, 0.2) is 0 Å². The van der Waals surface area contributed by atoms with E-state index in [0.29, 0.717) is 32.5 Å². The Hall–Kier alpha value is -2.82. The van der Waals surface area contributed by atoms with Crippen LogP contribution in [0.3, 0.4) is 0 Å². The molecule has 5 heteroatoms. The molecule has 3 amide bonds. The van der Waals surface area contributed by atoms with E-state index in [1.54, 1.807) is 4.90 Å². The minimum Gasteiger partial charge on any atom is -0.352 e. The van der Waals surface area contributed by atoms with Gasteiger partial charge in [0.2, 0.25) is 5.91 Å². The highest BCUT2D eigenvalue weighted by atomic mass is 16.2. The number of likely N-dealkylation sites (tertiary alicyclic amines) is 1. The van der Waals surface area contributed by atoms with Gasteiger partial charge in [0.1, 0.15) is 0 Å². The molecule has 1 heterocycles. The van der Waals surface area contributed by atoms with Crippen LogP contribution in [0.15, 0.2) is 54.6 Å². The van der Waals surface area contributed by atoms with Crippen LogP contribution in [0, 0.1) is 12.3 Å². The lowest BCUT2D eigenvalue weighted by molar-refractivity contribution is -0.132. The van der Waals surface area contributed by atoms with Crippen molar-refractivity contribution in [3.8, 4) is 0 Å². The van der Waals surface area contributed by atoms with E-state index in [1.165, 1.54) is 0 Å². The van der Waals surface area contributed by atoms with Crippen molar-refractivity contribution in [2.45, 2.75) is 33.2 Å². The second kappa shape index (κ2) is 8.25. The summed E-state index contributed by atoms with van der Waals surface area (Å²) in [5.74, 6) is 0.0601. The van der Waals surface area contributed by atoms with Gasteiger partial charge in [-0.15, -0.1) is 0 Å². The van der Waals surface area contributed by atoms with Crippen LogP contribution >= 0.6 is 0 Å². The first kappa shape index (κ1) is 19.0. The first-order valence-corrected chi connectivity index (χ1v) is 9.41. The standard InChI is InChI=1S/C22H27N3O2/c1-17-8-10-19(11-9-17)24-21(27)25-14-12-22(2,13-15-25)20(26)23-16-18-6-4-3-5-7-18/h3-11H,12-16H2,1-2H3,(H,23,26)(H,24,27). The molecule has 1 aliphatic rings. The van der Waals surface area contributed by atoms with Gasteiger partial charge in [0, 0.05) is 30.7 Å². The molecule has 2 N–H and O–H groups in total. The van der Waals surface area contributed by atoms with Crippen LogP contribution in [0.4, 0.5) is 10.5 Å². The fourth-order valence-corrected chi connectivity index (χ4v) is 3.26. The van der Waals surface area contributed by atoms with Gasteiger partial charge in [0.05, 0.1) is 0 Å². The van der Waals surface area contributed by atoms with Crippen LogP contribution in [-0.2, 0) is 11.3 Å². The van der Waals surface area contributed by atoms with E-state index in [1.807, 2.05) is 68.4 Å². The predicted octanol–water partition coefficient (Wildman–Crippen LogP) is 3.95. The van der Waals surface area contributed by atoms with E-state index in [9.17, 15) is 9.59 Å². The van der Waals surface area contributed by atoms with E-state index < -0.39 is 5.41 Å². The van der Waals surface area contributed by atoms with Crippen molar-refractivity contribution < 1.29 is 9.59 Å². The molecule has 1 saturated heterocycles. The largest absolute Gasteiger partial charge is 0.352 e. The Morgan fingerprint density at radius 1 is 1.00 bits per heavy atom. The average molecular weight is 365 g/mol. The molecule has 0 atom stereocenters. The molecule has 0 aromatic heterocycles. The zero-order valence-electron chi connectivity index (χ0n) is 16.0. The van der Waals surface area contributed by atoms with Gasteiger partial charge in [-0.25, -0.2) is 4.79 Å². The topological polar surface area (TPSA) is 61.4 Å². The lowest BCUT2D eigenvalue weighted by atomic mass is 9.79. The summed E-state index contributed by atoms with van der Waals surface area (Å²) in [6.45, 7) is 5.69. The average Bonchev–Trinajstić information content (AvgIpc) is 2.69. The van der Waals surface area contributed by atoms with Crippen LogP contribution in [0.2, 0.25) is 0 Å². The van der Waals surface area contributed by atoms with Gasteiger partial charge in [-0.1, -0.05) is 55.0 Å². The highest BCUT2D eigenvalue weighted by molar-refractivity contribution is 5.90. The molecule has 1 fully saturated rings. The van der Waals surface area contributed by atoms with Crippen molar-refractivity contribution in [2.24, 2.45) is 5.41 Å². The molecule has 0 radical (unpaired) electrons. The normalized spacial score (nSPS) is 15.9. The second-order valence-electron chi connectivity index (χ2n) is 7.51. The summed E-state index contributed by atoms with van der Waals surface area (Å²) in [6.07, 6.45) is 1.32. The molecule has 0 spiro atoms. The minimum atomic E-state index is -0.435. The van der Waals surface area contributed by atoms with Gasteiger partial charge in [0.25, 0.3) is 0 Å². The van der Waals surface area contributed by atoms with E-state index in [2.05, 4.69) is 10.6 Å². The summed E-state index contributed by atoms with van der Waals surface area (Å²) in [7, 11) is 0. The molecule has 5 nitrogen and oxygen atoms in total. The van der Waals surface area contributed by atoms with E-state index >= 15 is 0 Å². The molecule has 2 aromatic carbocycles. The molecule has 3 rings (SSSR count). The maximum absolute atomic E-state index is 12.7. The minimum absolute atomic E-state index is 0.0601. The molecule has 27 heavy (non-hydrogen) atoms. The number of carbonyl (C=O) groups excluding carboxylic acids is 2. The van der Waals surface area contributed by atoms with Gasteiger partial charge in [-0.2, -0.15) is 0 Å². The van der Waals surface area contributed by atoms with Crippen LogP contribution in [0.5, 0.6) is 0 Å². The number of rotatable bonds is 4. The van der Waals surface area contributed by atoms with E-state index in [0.717, 1.165) is 16.8 Å². The Balaban J connectivity index is 1.50. The number of anilines is 1. The summed E-state index contributed by atoms with van der Waals surface area (Å²) >= 11 is 0. The summed E-state index contributed by atoms with van der Waals surface area (Å²) in [5, 5.41) is 5.97. The molecular weight excluding hydrogens is 338 g/mol. The van der Waals surface area contributed by atoms with Crippen molar-refractivity contribution in [1.29, 1.82) is 0 Å². The number of hydrogen-bond acceptors (Lipinski definition) is 2. The van der Waals surface area contributed by atoms with E-state index in [4.69, 9.17) is 0 Å². The Labute approximate surface area is 160 Å². The number of piperidine rings is 1. The van der Waals surface area contributed by atoms with Crippen LogP contribution < -0.4 is 10.6 Å². The van der Waals surface area contributed by atoms with Crippen molar-refractivity contribution in [3.63, 3.8) is 0 Å².